The van der Waals surface area contributed by atoms with Crippen LogP contribution in [-0.4, -0.2) is 29.2 Å². The zero-order valence-electron chi connectivity index (χ0n) is 20.5. The number of benzene rings is 3. The van der Waals surface area contributed by atoms with Gasteiger partial charge in [0, 0.05) is 28.9 Å². The molecular formula is C28H30N2O5S. The monoisotopic (exact) mass is 506 g/mol. The predicted molar refractivity (Wildman–Crippen MR) is 141 cm³/mol. The number of hydrogen-bond donors (Lipinski definition) is 2. The van der Waals surface area contributed by atoms with Crippen molar-refractivity contribution >= 4 is 21.4 Å². The topological polar surface area (TPSA) is 85.9 Å². The molecule has 0 aromatic heterocycles. The minimum atomic E-state index is -3.76. The standard InChI is InChI=1S/C28H30N2O5S/c1-4-35-19-10-8-18(9-11-19)30-36(31,32)21-13-15-26-25(17-21)22-6-5-7-23(22)28(29-26)24-14-12-20(33-2)16-27(24)34-3/h5-6,8-17,22-23,28-30H,4,7H2,1-3H3/t22-,23+,28-/m0/s1. The first-order chi connectivity index (χ1) is 17.4. The molecule has 3 aromatic rings. The van der Waals surface area contributed by atoms with Gasteiger partial charge in [-0.1, -0.05) is 12.2 Å². The summed E-state index contributed by atoms with van der Waals surface area (Å²) in [5.41, 5.74) is 3.44. The molecule has 0 amide bonds. The lowest BCUT2D eigenvalue weighted by atomic mass is 9.77. The molecule has 8 heteroatoms. The molecule has 0 unspecified atom stereocenters. The van der Waals surface area contributed by atoms with Gasteiger partial charge in [-0.25, -0.2) is 8.42 Å². The van der Waals surface area contributed by atoms with Crippen molar-refractivity contribution in [3.63, 3.8) is 0 Å². The van der Waals surface area contributed by atoms with Gasteiger partial charge in [0.05, 0.1) is 31.8 Å². The number of nitrogens with one attached hydrogen (secondary N) is 2. The number of hydrogen-bond acceptors (Lipinski definition) is 6. The Bertz CT molecular complexity index is 1390. The largest absolute Gasteiger partial charge is 0.497 e. The molecule has 0 radical (unpaired) electrons. The van der Waals surface area contributed by atoms with Crippen molar-refractivity contribution < 1.29 is 22.6 Å². The SMILES string of the molecule is CCOc1ccc(NS(=O)(=O)c2ccc3c(c2)[C@H]2C=CC[C@H]2[C@@H](c2ccc(OC)cc2OC)N3)cc1. The Labute approximate surface area is 212 Å². The van der Waals surface area contributed by atoms with Crippen molar-refractivity contribution in [2.75, 3.05) is 30.9 Å². The summed E-state index contributed by atoms with van der Waals surface area (Å²) in [6.07, 6.45) is 5.25. The minimum absolute atomic E-state index is 0.0165. The summed E-state index contributed by atoms with van der Waals surface area (Å²) in [5, 5.41) is 3.65. The Hall–Kier alpha value is -3.65. The van der Waals surface area contributed by atoms with Crippen LogP contribution in [0.15, 0.2) is 77.7 Å². The van der Waals surface area contributed by atoms with Crippen LogP contribution in [0, 0.1) is 5.92 Å². The van der Waals surface area contributed by atoms with Crippen molar-refractivity contribution in [3.8, 4) is 17.2 Å². The normalized spacial score (nSPS) is 20.1. The second-order valence-corrected chi connectivity index (χ2v) is 10.6. The third kappa shape index (κ3) is 4.48. The molecule has 2 N–H and O–H groups in total. The molecule has 3 aromatic carbocycles. The van der Waals surface area contributed by atoms with Gasteiger partial charge >= 0.3 is 0 Å². The van der Waals surface area contributed by atoms with Crippen LogP contribution >= 0.6 is 0 Å². The highest BCUT2D eigenvalue weighted by Gasteiger charge is 2.39. The first-order valence-corrected chi connectivity index (χ1v) is 13.5. The second-order valence-electron chi connectivity index (χ2n) is 8.90. The summed E-state index contributed by atoms with van der Waals surface area (Å²) in [4.78, 5) is 0.233. The van der Waals surface area contributed by atoms with Crippen LogP contribution in [0.1, 0.15) is 36.4 Å². The van der Waals surface area contributed by atoms with Crippen molar-refractivity contribution in [2.24, 2.45) is 5.92 Å². The molecule has 0 spiro atoms. The van der Waals surface area contributed by atoms with E-state index in [2.05, 4.69) is 22.2 Å². The summed E-state index contributed by atoms with van der Waals surface area (Å²) < 4.78 is 45.6. The Morgan fingerprint density at radius 2 is 1.72 bits per heavy atom. The maximum Gasteiger partial charge on any atom is 0.261 e. The van der Waals surface area contributed by atoms with E-state index in [1.54, 1.807) is 50.6 Å². The zero-order chi connectivity index (χ0) is 25.3. The van der Waals surface area contributed by atoms with Crippen LogP contribution in [-0.2, 0) is 10.0 Å². The Morgan fingerprint density at radius 1 is 0.944 bits per heavy atom. The quantitative estimate of drug-likeness (QED) is 0.380. The molecule has 5 rings (SSSR count). The number of allylic oxidation sites excluding steroid dienone is 2. The third-order valence-corrected chi connectivity index (χ3v) is 8.22. The number of sulfonamides is 1. The molecule has 1 heterocycles. The lowest BCUT2D eigenvalue weighted by Gasteiger charge is -2.38. The van der Waals surface area contributed by atoms with Gasteiger partial charge in [0.1, 0.15) is 17.2 Å². The summed E-state index contributed by atoms with van der Waals surface area (Å²) in [6.45, 7) is 2.46. The van der Waals surface area contributed by atoms with Gasteiger partial charge in [-0.2, -0.15) is 0 Å². The highest BCUT2D eigenvalue weighted by molar-refractivity contribution is 7.92. The van der Waals surface area contributed by atoms with Crippen LogP contribution in [0.2, 0.25) is 0 Å². The molecule has 7 nitrogen and oxygen atoms in total. The van der Waals surface area contributed by atoms with E-state index in [1.165, 1.54) is 0 Å². The maximum absolute atomic E-state index is 13.2. The molecular weight excluding hydrogens is 476 g/mol. The Kier molecular flexibility index (Phi) is 6.53. The number of ether oxygens (including phenoxy) is 3. The summed E-state index contributed by atoms with van der Waals surface area (Å²) in [6, 6.07) is 18.1. The van der Waals surface area contributed by atoms with E-state index in [4.69, 9.17) is 14.2 Å². The fourth-order valence-corrected chi connectivity index (χ4v) is 6.22. The second kappa shape index (κ2) is 9.78. The average molecular weight is 507 g/mol. The minimum Gasteiger partial charge on any atom is -0.497 e. The molecule has 0 saturated carbocycles. The van der Waals surface area contributed by atoms with E-state index < -0.39 is 10.0 Å². The van der Waals surface area contributed by atoms with E-state index >= 15 is 0 Å². The lowest BCUT2D eigenvalue weighted by molar-refractivity contribution is 0.340. The first-order valence-electron chi connectivity index (χ1n) is 12.0. The number of fused-ring (bicyclic) bond motifs is 3. The Balaban J connectivity index is 1.44. The molecule has 2 aliphatic rings. The van der Waals surface area contributed by atoms with Crippen LogP contribution in [0.3, 0.4) is 0 Å². The summed E-state index contributed by atoms with van der Waals surface area (Å²) >= 11 is 0. The molecule has 3 atom stereocenters. The van der Waals surface area contributed by atoms with Gasteiger partial charge in [0.25, 0.3) is 10.0 Å². The van der Waals surface area contributed by atoms with E-state index in [0.717, 1.165) is 34.7 Å². The molecule has 1 aliphatic heterocycles. The lowest BCUT2D eigenvalue weighted by Crippen LogP contribution is -2.29. The van der Waals surface area contributed by atoms with E-state index in [0.29, 0.717) is 18.0 Å². The third-order valence-electron chi connectivity index (χ3n) is 6.84. The van der Waals surface area contributed by atoms with Gasteiger partial charge in [0.2, 0.25) is 0 Å². The van der Waals surface area contributed by atoms with Gasteiger partial charge in [-0.3, -0.25) is 4.72 Å². The van der Waals surface area contributed by atoms with Crippen molar-refractivity contribution in [2.45, 2.75) is 30.2 Å². The fraction of sp³-hybridized carbons (Fsp3) is 0.286. The highest BCUT2D eigenvalue weighted by atomic mass is 32.2. The Morgan fingerprint density at radius 3 is 2.44 bits per heavy atom. The van der Waals surface area contributed by atoms with Crippen LogP contribution in [0.25, 0.3) is 0 Å². The van der Waals surface area contributed by atoms with Crippen molar-refractivity contribution in [1.29, 1.82) is 0 Å². The number of rotatable bonds is 8. The molecule has 0 fully saturated rings. The number of methoxy groups -OCH3 is 2. The smallest absolute Gasteiger partial charge is 0.261 e. The van der Waals surface area contributed by atoms with Crippen LogP contribution < -0.4 is 24.2 Å². The molecule has 0 bridgehead atoms. The van der Waals surface area contributed by atoms with Gasteiger partial charge < -0.3 is 19.5 Å². The fourth-order valence-electron chi connectivity index (χ4n) is 5.12. The van der Waals surface area contributed by atoms with Crippen LogP contribution in [0.4, 0.5) is 11.4 Å². The first kappa shape index (κ1) is 24.1. The van der Waals surface area contributed by atoms with E-state index in [1.807, 2.05) is 31.2 Å². The van der Waals surface area contributed by atoms with Gasteiger partial charge in [-0.05, 0) is 79.4 Å². The van der Waals surface area contributed by atoms with Crippen molar-refractivity contribution in [1.82, 2.24) is 0 Å². The zero-order valence-corrected chi connectivity index (χ0v) is 21.3. The van der Waals surface area contributed by atoms with Crippen LogP contribution in [0.5, 0.6) is 17.2 Å². The van der Waals surface area contributed by atoms with Gasteiger partial charge in [0.15, 0.2) is 0 Å². The maximum atomic E-state index is 13.2. The predicted octanol–water partition coefficient (Wildman–Crippen LogP) is 5.73. The van der Waals surface area contributed by atoms with E-state index in [-0.39, 0.29) is 22.8 Å². The highest BCUT2D eigenvalue weighted by Crippen LogP contribution is 2.51. The molecule has 0 saturated heterocycles. The number of anilines is 2. The molecule has 1 aliphatic carbocycles. The van der Waals surface area contributed by atoms with Crippen molar-refractivity contribution in [3.05, 3.63) is 83.9 Å². The molecule has 188 valence electrons. The summed E-state index contributed by atoms with van der Waals surface area (Å²) in [5.74, 6) is 2.53. The average Bonchev–Trinajstić information content (AvgIpc) is 3.39. The van der Waals surface area contributed by atoms with Gasteiger partial charge in [-0.15, -0.1) is 0 Å². The molecule has 36 heavy (non-hydrogen) atoms. The van der Waals surface area contributed by atoms with E-state index in [9.17, 15) is 8.42 Å². The summed E-state index contributed by atoms with van der Waals surface area (Å²) in [7, 11) is -0.465.